The Balaban J connectivity index is 1.60. The van der Waals surface area contributed by atoms with Crippen LogP contribution in [0.4, 0.5) is 11.4 Å². The number of carbonyl (C=O) groups is 2. The number of benzene rings is 3. The number of rotatable bonds is 8. The van der Waals surface area contributed by atoms with E-state index in [1.807, 2.05) is 55.5 Å². The van der Waals surface area contributed by atoms with Crippen LogP contribution in [-0.4, -0.2) is 40.8 Å². The predicted molar refractivity (Wildman–Crippen MR) is 144 cm³/mol. The molecular weight excluding hydrogens is 498 g/mol. The van der Waals surface area contributed by atoms with Crippen molar-refractivity contribution < 1.29 is 19.1 Å². The molecule has 1 aliphatic rings. The fourth-order valence-corrected chi connectivity index (χ4v) is 4.85. The number of hydrogen-bond acceptors (Lipinski definition) is 6. The number of carbonyl (C=O) groups excluding carboxylic acids is 2. The molecule has 0 spiro atoms. The lowest BCUT2D eigenvalue weighted by Crippen LogP contribution is -2.44. The van der Waals surface area contributed by atoms with Crippen molar-refractivity contribution in [2.24, 2.45) is 4.99 Å². The molecule has 0 bridgehead atoms. The van der Waals surface area contributed by atoms with E-state index in [-0.39, 0.29) is 18.2 Å². The number of ether oxygens (including phenoxy) is 2. The van der Waals surface area contributed by atoms with Gasteiger partial charge in [-0.3, -0.25) is 14.5 Å². The molecule has 0 radical (unpaired) electrons. The summed E-state index contributed by atoms with van der Waals surface area (Å²) in [6.45, 7) is 2.80. The Bertz CT molecular complexity index is 1250. The molecule has 7 nitrogen and oxygen atoms in total. The van der Waals surface area contributed by atoms with Crippen molar-refractivity contribution in [3.63, 3.8) is 0 Å². The fraction of sp³-hybridized carbons (Fsp3) is 0.222. The lowest BCUT2D eigenvalue weighted by molar-refractivity contribution is -0.129. The minimum atomic E-state index is -0.648. The summed E-state index contributed by atoms with van der Waals surface area (Å²) in [5.41, 5.74) is 2.11. The second-order valence-electron chi connectivity index (χ2n) is 7.93. The minimum Gasteiger partial charge on any atom is -0.495 e. The summed E-state index contributed by atoms with van der Waals surface area (Å²) in [5, 5.41) is 3.31. The Kier molecular flexibility index (Phi) is 8.51. The number of thioether (sulfide) groups is 1. The van der Waals surface area contributed by atoms with Gasteiger partial charge in [-0.2, -0.15) is 0 Å². The summed E-state index contributed by atoms with van der Waals surface area (Å²) in [6, 6.07) is 21.8. The molecule has 0 unspecified atom stereocenters. The number of halogens is 1. The van der Waals surface area contributed by atoms with Gasteiger partial charge in [-0.1, -0.05) is 47.6 Å². The van der Waals surface area contributed by atoms with E-state index in [0.29, 0.717) is 40.5 Å². The van der Waals surface area contributed by atoms with E-state index < -0.39 is 5.25 Å². The smallest absolute Gasteiger partial charge is 0.238 e. The van der Waals surface area contributed by atoms with E-state index in [4.69, 9.17) is 26.1 Å². The first-order valence-corrected chi connectivity index (χ1v) is 12.7. The van der Waals surface area contributed by atoms with Crippen LogP contribution in [-0.2, 0) is 16.1 Å². The van der Waals surface area contributed by atoms with Crippen LogP contribution in [0.25, 0.3) is 0 Å². The van der Waals surface area contributed by atoms with Crippen molar-refractivity contribution in [1.82, 2.24) is 4.90 Å². The molecule has 186 valence electrons. The van der Waals surface area contributed by atoms with Gasteiger partial charge < -0.3 is 14.8 Å². The summed E-state index contributed by atoms with van der Waals surface area (Å²) in [6.07, 6.45) is 0.0432. The van der Waals surface area contributed by atoms with E-state index in [1.54, 1.807) is 36.3 Å². The Morgan fingerprint density at radius 2 is 1.83 bits per heavy atom. The van der Waals surface area contributed by atoms with Gasteiger partial charge in [0.15, 0.2) is 5.17 Å². The van der Waals surface area contributed by atoms with Crippen molar-refractivity contribution in [2.75, 3.05) is 19.0 Å². The van der Waals surface area contributed by atoms with Gasteiger partial charge >= 0.3 is 0 Å². The highest BCUT2D eigenvalue weighted by molar-refractivity contribution is 8.15. The summed E-state index contributed by atoms with van der Waals surface area (Å²) in [7, 11) is 1.54. The molecule has 1 heterocycles. The number of nitrogens with one attached hydrogen (secondary N) is 1. The van der Waals surface area contributed by atoms with Crippen LogP contribution < -0.4 is 14.8 Å². The summed E-state index contributed by atoms with van der Waals surface area (Å²) in [5.74, 6) is 0.809. The highest BCUT2D eigenvalue weighted by Gasteiger charge is 2.36. The van der Waals surface area contributed by atoms with Crippen LogP contribution in [0.2, 0.25) is 5.02 Å². The number of hydrogen-bond donors (Lipinski definition) is 1. The van der Waals surface area contributed by atoms with Crippen molar-refractivity contribution >= 4 is 51.7 Å². The van der Waals surface area contributed by atoms with Crippen molar-refractivity contribution in [3.8, 4) is 11.5 Å². The summed E-state index contributed by atoms with van der Waals surface area (Å²) in [4.78, 5) is 32.8. The van der Waals surface area contributed by atoms with Crippen LogP contribution in [0, 0.1) is 0 Å². The molecule has 0 saturated carbocycles. The third kappa shape index (κ3) is 6.38. The Morgan fingerprint density at radius 3 is 2.53 bits per heavy atom. The SMILES string of the molecule is CCOc1ccc(N=C2S[C@@H](C(=O)Nc3ccccc3OC)CC(=O)N2Cc2ccc(Cl)cc2)cc1. The first kappa shape index (κ1) is 25.6. The van der Waals surface area contributed by atoms with Gasteiger partial charge in [-0.25, -0.2) is 4.99 Å². The number of anilines is 1. The van der Waals surface area contributed by atoms with Gasteiger partial charge in [0.1, 0.15) is 16.7 Å². The number of aliphatic imine (C=N–C) groups is 1. The molecule has 1 aliphatic heterocycles. The van der Waals surface area contributed by atoms with Gasteiger partial charge in [0.05, 0.1) is 31.6 Å². The molecule has 1 atom stereocenters. The van der Waals surface area contributed by atoms with E-state index in [0.717, 1.165) is 11.3 Å². The summed E-state index contributed by atoms with van der Waals surface area (Å²) >= 11 is 7.29. The van der Waals surface area contributed by atoms with Crippen molar-refractivity contribution in [1.29, 1.82) is 0 Å². The standard InChI is InChI=1S/C27H26ClN3O4S/c1-3-35-21-14-12-20(13-15-21)29-27-31(17-18-8-10-19(28)11-9-18)25(32)16-24(36-27)26(33)30-22-6-4-5-7-23(22)34-2/h4-15,24H,3,16-17H2,1-2H3,(H,30,33)/t24-/m1/s1. The Hall–Kier alpha value is -3.49. The lowest BCUT2D eigenvalue weighted by Gasteiger charge is -2.32. The number of para-hydroxylation sites is 2. The maximum absolute atomic E-state index is 13.3. The fourth-order valence-electron chi connectivity index (χ4n) is 3.62. The van der Waals surface area contributed by atoms with Gasteiger partial charge in [-0.05, 0) is 61.0 Å². The molecule has 1 saturated heterocycles. The van der Waals surface area contributed by atoms with Gasteiger partial charge in [-0.15, -0.1) is 0 Å². The average Bonchev–Trinajstić information content (AvgIpc) is 2.88. The van der Waals surface area contributed by atoms with Crippen LogP contribution in [0.1, 0.15) is 18.9 Å². The molecule has 0 aromatic heterocycles. The maximum Gasteiger partial charge on any atom is 0.238 e. The zero-order valence-electron chi connectivity index (χ0n) is 19.9. The predicted octanol–water partition coefficient (Wildman–Crippen LogP) is 5.91. The minimum absolute atomic E-state index is 0.0432. The van der Waals surface area contributed by atoms with Gasteiger partial charge in [0.2, 0.25) is 11.8 Å². The summed E-state index contributed by atoms with van der Waals surface area (Å²) < 4.78 is 10.8. The van der Waals surface area contributed by atoms with Crippen LogP contribution in [0.3, 0.4) is 0 Å². The lowest BCUT2D eigenvalue weighted by atomic mass is 10.2. The highest BCUT2D eigenvalue weighted by Crippen LogP contribution is 2.32. The Labute approximate surface area is 219 Å². The van der Waals surface area contributed by atoms with Crippen molar-refractivity contribution in [3.05, 3.63) is 83.4 Å². The molecule has 1 fully saturated rings. The number of methoxy groups -OCH3 is 1. The molecule has 0 aliphatic carbocycles. The monoisotopic (exact) mass is 523 g/mol. The molecule has 3 aromatic rings. The largest absolute Gasteiger partial charge is 0.495 e. The second-order valence-corrected chi connectivity index (χ2v) is 9.53. The van der Waals surface area contributed by atoms with E-state index >= 15 is 0 Å². The topological polar surface area (TPSA) is 80.2 Å². The third-order valence-corrected chi connectivity index (χ3v) is 6.86. The molecule has 1 N–H and O–H groups in total. The van der Waals surface area contributed by atoms with Gasteiger partial charge in [0, 0.05) is 11.4 Å². The molecule has 4 rings (SSSR count). The van der Waals surface area contributed by atoms with E-state index in [1.165, 1.54) is 11.8 Å². The number of amidine groups is 1. The van der Waals surface area contributed by atoms with Crippen molar-refractivity contribution in [2.45, 2.75) is 25.1 Å². The number of amides is 2. The van der Waals surface area contributed by atoms with E-state index in [2.05, 4.69) is 5.32 Å². The first-order chi connectivity index (χ1) is 17.5. The molecule has 36 heavy (non-hydrogen) atoms. The third-order valence-electron chi connectivity index (χ3n) is 5.42. The van der Waals surface area contributed by atoms with Crippen LogP contribution in [0.5, 0.6) is 11.5 Å². The van der Waals surface area contributed by atoms with Crippen LogP contribution >= 0.6 is 23.4 Å². The number of nitrogens with zero attached hydrogens (tertiary/aromatic N) is 2. The molecular formula is C27H26ClN3O4S. The average molecular weight is 524 g/mol. The van der Waals surface area contributed by atoms with Gasteiger partial charge in [0.25, 0.3) is 0 Å². The van der Waals surface area contributed by atoms with Crippen LogP contribution in [0.15, 0.2) is 77.8 Å². The zero-order chi connectivity index (χ0) is 25.5. The normalized spacial score (nSPS) is 16.6. The highest BCUT2D eigenvalue weighted by atomic mass is 35.5. The molecule has 2 amide bonds. The zero-order valence-corrected chi connectivity index (χ0v) is 21.5. The maximum atomic E-state index is 13.3. The quantitative estimate of drug-likeness (QED) is 0.397. The molecule has 9 heteroatoms. The first-order valence-electron chi connectivity index (χ1n) is 11.4. The van der Waals surface area contributed by atoms with E-state index in [9.17, 15) is 9.59 Å². The Morgan fingerprint density at radius 1 is 1.11 bits per heavy atom. The second kappa shape index (κ2) is 12.0. The molecule has 3 aromatic carbocycles.